The maximum Gasteiger partial charge on any atom is 0.226 e. The monoisotopic (exact) mass is 265 g/mol. The second kappa shape index (κ2) is 6.64. The van der Waals surface area contributed by atoms with Gasteiger partial charge in [0.2, 0.25) is 11.0 Å². The Morgan fingerprint density at radius 3 is 3.17 bits per heavy atom. The number of anilines is 1. The lowest BCUT2D eigenvalue weighted by molar-refractivity contribution is -0.116. The molecular weight excluding hydrogens is 246 g/mol. The minimum Gasteiger partial charge on any atom is -0.301 e. The van der Waals surface area contributed by atoms with E-state index < -0.39 is 0 Å². The second-order valence-corrected chi connectivity index (χ2v) is 5.68. The number of carbonyl (C=O) groups excluding carboxylic acids is 1. The Morgan fingerprint density at radius 1 is 1.56 bits per heavy atom. The average molecular weight is 265 g/mol. The molecule has 4 nitrogen and oxygen atoms in total. The highest BCUT2D eigenvalue weighted by Crippen LogP contribution is 2.22. The quantitative estimate of drug-likeness (QED) is 0.804. The van der Waals surface area contributed by atoms with Crippen LogP contribution in [0.4, 0.5) is 5.13 Å². The van der Waals surface area contributed by atoms with E-state index in [1.54, 1.807) is 0 Å². The van der Waals surface area contributed by atoms with Crippen molar-refractivity contribution in [2.75, 3.05) is 5.32 Å². The highest BCUT2D eigenvalue weighted by Gasteiger charge is 2.15. The van der Waals surface area contributed by atoms with Crippen LogP contribution >= 0.6 is 11.3 Å². The summed E-state index contributed by atoms with van der Waals surface area (Å²) in [4.78, 5) is 11.8. The lowest BCUT2D eigenvalue weighted by Gasteiger charge is -2.05. The molecule has 1 aromatic rings. The Hall–Kier alpha value is -1.23. The van der Waals surface area contributed by atoms with Crippen LogP contribution in [0.3, 0.4) is 0 Å². The number of amides is 1. The van der Waals surface area contributed by atoms with E-state index in [9.17, 15) is 4.79 Å². The van der Waals surface area contributed by atoms with Crippen LogP contribution in [-0.2, 0) is 11.2 Å². The Kier molecular flexibility index (Phi) is 4.87. The van der Waals surface area contributed by atoms with Crippen molar-refractivity contribution < 1.29 is 4.79 Å². The van der Waals surface area contributed by atoms with Gasteiger partial charge in [0, 0.05) is 12.8 Å². The average Bonchev–Trinajstić information content (AvgIpc) is 2.98. The van der Waals surface area contributed by atoms with Gasteiger partial charge in [-0.25, -0.2) is 0 Å². The fourth-order valence-electron chi connectivity index (χ4n) is 2.01. The molecule has 0 aromatic carbocycles. The molecule has 18 heavy (non-hydrogen) atoms. The molecule has 1 aliphatic rings. The molecule has 1 N–H and O–H groups in total. The molecule has 0 spiro atoms. The molecule has 0 bridgehead atoms. The topological polar surface area (TPSA) is 54.9 Å². The first-order valence-corrected chi connectivity index (χ1v) is 7.38. The van der Waals surface area contributed by atoms with Crippen molar-refractivity contribution in [3.63, 3.8) is 0 Å². The third kappa shape index (κ3) is 3.91. The fourth-order valence-corrected chi connectivity index (χ4v) is 2.80. The third-order valence-electron chi connectivity index (χ3n) is 3.02. The van der Waals surface area contributed by atoms with Gasteiger partial charge in [0.25, 0.3) is 0 Å². The summed E-state index contributed by atoms with van der Waals surface area (Å²) in [6.07, 6.45) is 10.2. The minimum absolute atomic E-state index is 0.0461. The van der Waals surface area contributed by atoms with E-state index >= 15 is 0 Å². The normalized spacial score (nSPS) is 18.2. The SMILES string of the molecule is CCCCc1nnc(NC(=O)CC2C=CCC2)s1. The molecule has 1 atom stereocenters. The number of aromatic nitrogens is 2. The van der Waals surface area contributed by atoms with Crippen LogP contribution in [0, 0.1) is 5.92 Å². The van der Waals surface area contributed by atoms with Crippen LogP contribution in [0.15, 0.2) is 12.2 Å². The molecule has 2 rings (SSSR count). The number of hydrogen-bond acceptors (Lipinski definition) is 4. The van der Waals surface area contributed by atoms with Gasteiger partial charge in [-0.3, -0.25) is 4.79 Å². The van der Waals surface area contributed by atoms with Gasteiger partial charge in [-0.1, -0.05) is 36.8 Å². The zero-order valence-electron chi connectivity index (χ0n) is 10.7. The third-order valence-corrected chi connectivity index (χ3v) is 3.92. The Morgan fingerprint density at radius 2 is 2.44 bits per heavy atom. The summed E-state index contributed by atoms with van der Waals surface area (Å²) in [7, 11) is 0. The molecule has 0 saturated carbocycles. The molecule has 1 unspecified atom stereocenters. The smallest absolute Gasteiger partial charge is 0.226 e. The number of carbonyl (C=O) groups is 1. The molecule has 0 saturated heterocycles. The summed E-state index contributed by atoms with van der Waals surface area (Å²) in [6.45, 7) is 2.15. The largest absolute Gasteiger partial charge is 0.301 e. The number of aryl methyl sites for hydroxylation is 1. The van der Waals surface area contributed by atoms with Crippen molar-refractivity contribution >= 4 is 22.4 Å². The molecule has 5 heteroatoms. The first-order valence-electron chi connectivity index (χ1n) is 6.57. The molecule has 0 radical (unpaired) electrons. The lowest BCUT2D eigenvalue weighted by atomic mass is 10.1. The van der Waals surface area contributed by atoms with E-state index in [1.807, 2.05) is 0 Å². The van der Waals surface area contributed by atoms with Gasteiger partial charge in [0.05, 0.1) is 0 Å². The maximum atomic E-state index is 11.8. The standard InChI is InChI=1S/C13H19N3OS/c1-2-3-8-12-15-16-13(18-12)14-11(17)9-10-6-4-5-7-10/h4,6,10H,2-3,5,7-9H2,1H3,(H,14,16,17). The van der Waals surface area contributed by atoms with Gasteiger partial charge < -0.3 is 5.32 Å². The number of nitrogens with zero attached hydrogens (tertiary/aromatic N) is 2. The van der Waals surface area contributed by atoms with Crippen molar-refractivity contribution in [3.05, 3.63) is 17.2 Å². The van der Waals surface area contributed by atoms with Crippen LogP contribution in [0.5, 0.6) is 0 Å². The second-order valence-electron chi connectivity index (χ2n) is 4.62. The van der Waals surface area contributed by atoms with E-state index in [4.69, 9.17) is 0 Å². The first-order chi connectivity index (χ1) is 8.78. The molecule has 1 aromatic heterocycles. The Labute approximate surface area is 112 Å². The van der Waals surface area contributed by atoms with Crippen molar-refractivity contribution in [2.45, 2.75) is 45.4 Å². The molecule has 1 aliphatic carbocycles. The number of rotatable bonds is 6. The molecule has 0 aliphatic heterocycles. The Bertz CT molecular complexity index is 428. The summed E-state index contributed by atoms with van der Waals surface area (Å²) in [5, 5.41) is 12.6. The predicted molar refractivity (Wildman–Crippen MR) is 73.6 cm³/mol. The number of allylic oxidation sites excluding steroid dienone is 2. The van der Waals surface area contributed by atoms with Gasteiger partial charge in [0.1, 0.15) is 5.01 Å². The summed E-state index contributed by atoms with van der Waals surface area (Å²) in [5.41, 5.74) is 0. The zero-order chi connectivity index (χ0) is 12.8. The van der Waals surface area contributed by atoms with Gasteiger partial charge in [0.15, 0.2) is 0 Å². The molecule has 1 amide bonds. The van der Waals surface area contributed by atoms with Crippen molar-refractivity contribution in [1.29, 1.82) is 0 Å². The zero-order valence-corrected chi connectivity index (χ0v) is 11.5. The van der Waals surface area contributed by atoms with Crippen LogP contribution in [0.25, 0.3) is 0 Å². The number of unbranched alkanes of at least 4 members (excludes halogenated alkanes) is 1. The molecule has 0 fully saturated rings. The lowest BCUT2D eigenvalue weighted by Crippen LogP contribution is -2.14. The van der Waals surface area contributed by atoms with Gasteiger partial charge in [-0.05, 0) is 25.2 Å². The van der Waals surface area contributed by atoms with Crippen molar-refractivity contribution in [3.8, 4) is 0 Å². The molecule has 1 heterocycles. The highest BCUT2D eigenvalue weighted by molar-refractivity contribution is 7.15. The van der Waals surface area contributed by atoms with E-state index in [-0.39, 0.29) is 5.91 Å². The van der Waals surface area contributed by atoms with E-state index in [0.717, 1.165) is 37.1 Å². The summed E-state index contributed by atoms with van der Waals surface area (Å²) < 4.78 is 0. The Balaban J connectivity index is 1.79. The van der Waals surface area contributed by atoms with E-state index in [2.05, 4.69) is 34.6 Å². The van der Waals surface area contributed by atoms with Crippen LogP contribution in [0.2, 0.25) is 0 Å². The molecule has 98 valence electrons. The highest BCUT2D eigenvalue weighted by atomic mass is 32.1. The van der Waals surface area contributed by atoms with Crippen LogP contribution in [0.1, 0.15) is 44.0 Å². The molecular formula is C13H19N3OS. The maximum absolute atomic E-state index is 11.8. The van der Waals surface area contributed by atoms with E-state index in [1.165, 1.54) is 11.3 Å². The van der Waals surface area contributed by atoms with Gasteiger partial charge in [-0.2, -0.15) is 0 Å². The van der Waals surface area contributed by atoms with Crippen molar-refractivity contribution in [2.24, 2.45) is 5.92 Å². The fraction of sp³-hybridized carbons (Fsp3) is 0.615. The van der Waals surface area contributed by atoms with Crippen LogP contribution < -0.4 is 5.32 Å². The number of nitrogens with one attached hydrogen (secondary N) is 1. The van der Waals surface area contributed by atoms with Crippen molar-refractivity contribution in [1.82, 2.24) is 10.2 Å². The van der Waals surface area contributed by atoms with Gasteiger partial charge in [-0.15, -0.1) is 10.2 Å². The number of hydrogen-bond donors (Lipinski definition) is 1. The van der Waals surface area contributed by atoms with E-state index in [0.29, 0.717) is 17.5 Å². The summed E-state index contributed by atoms with van der Waals surface area (Å²) in [6, 6.07) is 0. The van der Waals surface area contributed by atoms with Gasteiger partial charge >= 0.3 is 0 Å². The summed E-state index contributed by atoms with van der Waals surface area (Å²) >= 11 is 1.49. The summed E-state index contributed by atoms with van der Waals surface area (Å²) in [5.74, 6) is 0.447. The minimum atomic E-state index is 0.0461. The predicted octanol–water partition coefficient (Wildman–Crippen LogP) is 3.18. The first kappa shape index (κ1) is 13.2. The van der Waals surface area contributed by atoms with Crippen LogP contribution in [-0.4, -0.2) is 16.1 Å².